The second-order valence-electron chi connectivity index (χ2n) is 7.37. The fourth-order valence-corrected chi connectivity index (χ4v) is 3.75. The third-order valence-electron chi connectivity index (χ3n) is 5.32. The molecule has 5 atom stereocenters. The minimum absolute atomic E-state index is 0.0157. The van der Waals surface area contributed by atoms with Crippen LogP contribution >= 0.6 is 0 Å². The highest BCUT2D eigenvalue weighted by Crippen LogP contribution is 2.42. The maximum Gasteiger partial charge on any atom is 0.347 e. The van der Waals surface area contributed by atoms with Gasteiger partial charge in [-0.15, -0.1) is 0 Å². The van der Waals surface area contributed by atoms with Gasteiger partial charge in [0.1, 0.15) is 52.8 Å². The number of aryl methyl sites for hydroxylation is 1. The molecule has 0 unspecified atom stereocenters. The second-order valence-corrected chi connectivity index (χ2v) is 7.37. The van der Waals surface area contributed by atoms with Crippen LogP contribution in [0.3, 0.4) is 0 Å². The van der Waals surface area contributed by atoms with Crippen LogP contribution in [0.2, 0.25) is 0 Å². The fourth-order valence-electron chi connectivity index (χ4n) is 3.75. The van der Waals surface area contributed by atoms with Gasteiger partial charge < -0.3 is 44.2 Å². The largest absolute Gasteiger partial charge is 0.506 e. The molecule has 0 spiro atoms. The summed E-state index contributed by atoms with van der Waals surface area (Å²) in [6, 6.07) is 6.29. The molecule has 1 aliphatic rings. The number of hydrogen-bond acceptors (Lipinski definition) is 10. The number of fused-ring (bicyclic) bond motifs is 2. The van der Waals surface area contributed by atoms with Crippen molar-refractivity contribution in [3.05, 3.63) is 40.4 Å². The van der Waals surface area contributed by atoms with Crippen LogP contribution in [-0.4, -0.2) is 70.0 Å². The molecule has 2 aromatic carbocycles. The zero-order valence-electron chi connectivity index (χ0n) is 16.7. The number of phenolic OH excluding ortho intramolecular Hbond substituents is 1. The molecule has 1 fully saturated rings. The maximum atomic E-state index is 12.4. The predicted octanol–water partition coefficient (Wildman–Crippen LogP) is 0.148. The Morgan fingerprint density at radius 1 is 1.00 bits per heavy atom. The van der Waals surface area contributed by atoms with E-state index >= 15 is 0 Å². The van der Waals surface area contributed by atoms with E-state index in [2.05, 4.69) is 0 Å². The van der Waals surface area contributed by atoms with Crippen LogP contribution in [0.25, 0.3) is 21.5 Å². The van der Waals surface area contributed by atoms with Crippen LogP contribution in [-0.2, 0) is 4.74 Å². The molecule has 4 rings (SSSR count). The molecule has 0 amide bonds. The zero-order chi connectivity index (χ0) is 22.4. The minimum atomic E-state index is -1.66. The summed E-state index contributed by atoms with van der Waals surface area (Å²) in [7, 11) is 1.43. The average Bonchev–Trinajstić information content (AvgIpc) is 2.73. The summed E-state index contributed by atoms with van der Waals surface area (Å²) in [6.45, 7) is 0.987. The van der Waals surface area contributed by atoms with Crippen molar-refractivity contribution in [2.24, 2.45) is 0 Å². The highest BCUT2D eigenvalue weighted by molar-refractivity contribution is 6.07. The van der Waals surface area contributed by atoms with E-state index < -0.39 is 48.7 Å². The van der Waals surface area contributed by atoms with Gasteiger partial charge in [-0.1, -0.05) is 0 Å². The smallest absolute Gasteiger partial charge is 0.347 e. The number of phenols is 1. The number of aliphatic hydroxyl groups is 4. The van der Waals surface area contributed by atoms with Gasteiger partial charge >= 0.3 is 5.63 Å². The van der Waals surface area contributed by atoms with Crippen molar-refractivity contribution in [3.63, 3.8) is 0 Å². The zero-order valence-corrected chi connectivity index (χ0v) is 16.7. The van der Waals surface area contributed by atoms with Crippen LogP contribution in [0.15, 0.2) is 33.5 Å². The molecule has 0 radical (unpaired) electrons. The molecule has 1 saturated heterocycles. The highest BCUT2D eigenvalue weighted by atomic mass is 16.7. The van der Waals surface area contributed by atoms with Gasteiger partial charge in [-0.25, -0.2) is 4.79 Å². The van der Waals surface area contributed by atoms with E-state index in [-0.39, 0.29) is 16.5 Å². The Balaban J connectivity index is 1.89. The van der Waals surface area contributed by atoms with Crippen molar-refractivity contribution in [2.75, 3.05) is 13.7 Å². The van der Waals surface area contributed by atoms with Crippen molar-refractivity contribution >= 4 is 21.5 Å². The molecule has 0 saturated carbocycles. The lowest BCUT2D eigenvalue weighted by atomic mass is 9.99. The van der Waals surface area contributed by atoms with Crippen molar-refractivity contribution < 1.29 is 44.2 Å². The lowest BCUT2D eigenvalue weighted by Crippen LogP contribution is -2.60. The first-order valence-electron chi connectivity index (χ1n) is 9.50. The van der Waals surface area contributed by atoms with Gasteiger partial charge in [-0.05, 0) is 35.9 Å². The number of rotatable bonds is 4. The third kappa shape index (κ3) is 3.58. The first-order chi connectivity index (χ1) is 14.7. The number of aromatic hydroxyl groups is 1. The molecule has 1 aliphatic heterocycles. The van der Waals surface area contributed by atoms with Crippen molar-refractivity contribution in [1.82, 2.24) is 0 Å². The van der Waals surface area contributed by atoms with Crippen LogP contribution in [0, 0.1) is 6.92 Å². The van der Waals surface area contributed by atoms with Crippen LogP contribution in [0.4, 0.5) is 0 Å². The normalized spacial score (nSPS) is 26.3. The standard InChI is InChI=1S/C21H22O10/c1-8-3-9-4-10-5-11(28-2)6-12(14(10)17(24)15(9)20(27)29-8)30-21-19(26)18(25)16(23)13(7-22)31-21/h3-6,13,16,18-19,21-26H,7H2,1-2H3/t13-,16-,18+,19-,21-/m1/s1. The van der Waals surface area contributed by atoms with Gasteiger partial charge in [0, 0.05) is 6.07 Å². The molecule has 1 aromatic heterocycles. The molecule has 10 heteroatoms. The first-order valence-corrected chi connectivity index (χ1v) is 9.50. The molecular formula is C21H22O10. The van der Waals surface area contributed by atoms with Crippen molar-refractivity contribution in [3.8, 4) is 17.2 Å². The quantitative estimate of drug-likeness (QED) is 0.358. The summed E-state index contributed by atoms with van der Waals surface area (Å²) in [5.74, 6) is 0.309. The van der Waals surface area contributed by atoms with Crippen LogP contribution in [0.1, 0.15) is 5.76 Å². The summed E-state index contributed by atoms with van der Waals surface area (Å²) in [5, 5.41) is 51.5. The third-order valence-corrected chi connectivity index (χ3v) is 5.32. The van der Waals surface area contributed by atoms with Crippen molar-refractivity contribution in [1.29, 1.82) is 0 Å². The molecule has 3 aromatic rings. The lowest BCUT2D eigenvalue weighted by molar-refractivity contribution is -0.277. The Kier molecular flexibility index (Phi) is 5.50. The molecule has 31 heavy (non-hydrogen) atoms. The summed E-state index contributed by atoms with van der Waals surface area (Å²) >= 11 is 0. The maximum absolute atomic E-state index is 12.4. The predicted molar refractivity (Wildman–Crippen MR) is 107 cm³/mol. The van der Waals surface area contributed by atoms with E-state index in [1.54, 1.807) is 25.1 Å². The summed E-state index contributed by atoms with van der Waals surface area (Å²) in [4.78, 5) is 12.4. The van der Waals surface area contributed by atoms with Crippen molar-refractivity contribution in [2.45, 2.75) is 37.6 Å². The summed E-state index contributed by atoms with van der Waals surface area (Å²) < 4.78 is 21.5. The Labute approximate surface area is 175 Å². The SMILES string of the molecule is COc1cc(O[C@@H]2O[C@H](CO)[C@@H](O)[C@H](O)[C@H]2O)c2c(O)c3c(=O)oc(C)cc3cc2c1. The minimum Gasteiger partial charge on any atom is -0.506 e. The second kappa shape index (κ2) is 7.98. The van der Waals surface area contributed by atoms with Gasteiger partial charge in [0.25, 0.3) is 0 Å². The molecule has 0 bridgehead atoms. The van der Waals surface area contributed by atoms with Gasteiger partial charge in [0.15, 0.2) is 0 Å². The number of ether oxygens (including phenoxy) is 3. The van der Waals surface area contributed by atoms with Gasteiger partial charge in [0.05, 0.1) is 19.1 Å². The number of aliphatic hydroxyl groups excluding tert-OH is 4. The summed E-state index contributed by atoms with van der Waals surface area (Å²) in [5.41, 5.74) is -0.732. The molecule has 5 N–H and O–H groups in total. The van der Waals surface area contributed by atoms with Crippen LogP contribution in [0.5, 0.6) is 17.2 Å². The van der Waals surface area contributed by atoms with E-state index in [0.717, 1.165) is 0 Å². The van der Waals surface area contributed by atoms with Gasteiger partial charge in [-0.2, -0.15) is 0 Å². The summed E-state index contributed by atoms with van der Waals surface area (Å²) in [6.07, 6.45) is -7.51. The molecular weight excluding hydrogens is 412 g/mol. The Bertz CT molecular complexity index is 1180. The Morgan fingerprint density at radius 2 is 1.71 bits per heavy atom. The fraction of sp³-hybridized carbons (Fsp3) is 0.381. The monoisotopic (exact) mass is 434 g/mol. The van der Waals surface area contributed by atoms with E-state index in [9.17, 15) is 30.3 Å². The number of methoxy groups -OCH3 is 1. The van der Waals surface area contributed by atoms with Crippen LogP contribution < -0.4 is 15.1 Å². The molecule has 0 aliphatic carbocycles. The average molecular weight is 434 g/mol. The highest BCUT2D eigenvalue weighted by Gasteiger charge is 2.45. The molecule has 166 valence electrons. The number of benzene rings is 2. The van der Waals surface area contributed by atoms with Gasteiger partial charge in [0.2, 0.25) is 6.29 Å². The Hall–Kier alpha value is -2.89. The topological polar surface area (TPSA) is 159 Å². The van der Waals surface area contributed by atoms with E-state index in [0.29, 0.717) is 22.3 Å². The Morgan fingerprint density at radius 3 is 2.39 bits per heavy atom. The lowest BCUT2D eigenvalue weighted by Gasteiger charge is -2.39. The molecule has 10 nitrogen and oxygen atoms in total. The molecule has 2 heterocycles. The first kappa shape index (κ1) is 21.3. The van der Waals surface area contributed by atoms with E-state index in [1.165, 1.54) is 13.2 Å². The number of hydrogen-bond donors (Lipinski definition) is 5. The van der Waals surface area contributed by atoms with E-state index in [4.69, 9.17) is 18.6 Å². The van der Waals surface area contributed by atoms with E-state index in [1.807, 2.05) is 0 Å². The van der Waals surface area contributed by atoms with Gasteiger partial charge in [-0.3, -0.25) is 0 Å².